The molecule has 7 rings (SSSR count). The smallest absolute Gasteiger partial charge is 0.318 e. The van der Waals surface area contributed by atoms with Crippen molar-refractivity contribution in [2.24, 2.45) is 5.92 Å². The third kappa shape index (κ3) is 5.81. The van der Waals surface area contributed by atoms with Crippen LogP contribution in [0.5, 0.6) is 17.6 Å². The first-order valence-electron chi connectivity index (χ1n) is 15.2. The lowest BCUT2D eigenvalue weighted by Crippen LogP contribution is -2.35. The maximum atomic E-state index is 16.2. The van der Waals surface area contributed by atoms with Crippen molar-refractivity contribution in [2.45, 2.75) is 56.8 Å². The molecule has 2 unspecified atom stereocenters. The fraction of sp³-hybridized carbons (Fsp3) is 0.412. The van der Waals surface area contributed by atoms with E-state index in [4.69, 9.17) is 21.2 Å². The Labute approximate surface area is 264 Å². The number of methoxy groups -OCH3 is 2. The number of phenols is 1. The summed E-state index contributed by atoms with van der Waals surface area (Å²) >= 11 is 0. The minimum atomic E-state index is -0.852. The molecule has 2 N–H and O–H groups in total. The van der Waals surface area contributed by atoms with Crippen LogP contribution in [0.2, 0.25) is 0 Å². The predicted octanol–water partition coefficient (Wildman–Crippen LogP) is 6.12. The van der Waals surface area contributed by atoms with E-state index in [0.717, 1.165) is 25.8 Å². The molecule has 0 bridgehead atoms. The van der Waals surface area contributed by atoms with Gasteiger partial charge in [0, 0.05) is 36.0 Å². The minimum absolute atomic E-state index is 0.0135. The summed E-state index contributed by atoms with van der Waals surface area (Å²) in [5, 5.41) is 23.4. The molecule has 3 fully saturated rings. The first-order valence-corrected chi connectivity index (χ1v) is 15.2. The van der Waals surface area contributed by atoms with Crippen LogP contribution in [-0.2, 0) is 0 Å². The van der Waals surface area contributed by atoms with Gasteiger partial charge in [-0.15, -0.1) is 6.42 Å². The van der Waals surface area contributed by atoms with Crippen LogP contribution in [0.25, 0.3) is 32.9 Å². The first kappa shape index (κ1) is 31.2. The average Bonchev–Trinajstić information content (AvgIpc) is 3.61. The van der Waals surface area contributed by atoms with Crippen molar-refractivity contribution in [3.63, 3.8) is 0 Å². The molecule has 46 heavy (non-hydrogen) atoms. The number of halogens is 3. The number of fused-ring (bicyclic) bond motifs is 3. The zero-order chi connectivity index (χ0) is 32.5. The van der Waals surface area contributed by atoms with Gasteiger partial charge in [0.1, 0.15) is 40.2 Å². The molecule has 4 aromatic rings. The standard InChI is InChI=1S/C27H21F2N5O3.C7H12FN/c1-4-17-19(28)6-5-14-11-16(35)12-18(20(14)17)23-22(29)24-21(26(32-23)36-2)25(34-27(33-24)37-3)31-15-9-13(10-15)7-8-30;8-6-4-7-2-1-3-9(7)5-6/h1,5-6,11-13,15,35H,7,9-10H2,2-3H3,(H,31,33,34);6-7H,1-5H2. The van der Waals surface area contributed by atoms with E-state index >= 15 is 4.39 Å². The summed E-state index contributed by atoms with van der Waals surface area (Å²) in [6.07, 6.45) is 10.4. The number of hydrogen-bond acceptors (Lipinski definition) is 9. The van der Waals surface area contributed by atoms with Gasteiger partial charge in [-0.2, -0.15) is 15.2 Å². The topological polar surface area (TPSA) is 116 Å². The molecule has 4 heterocycles. The second-order valence-corrected chi connectivity index (χ2v) is 11.9. The number of nitrogens with one attached hydrogen (secondary N) is 1. The summed E-state index contributed by atoms with van der Waals surface area (Å²) in [5.41, 5.74) is -0.395. The van der Waals surface area contributed by atoms with Crippen LogP contribution in [0.4, 0.5) is 19.0 Å². The number of phenolic OH excluding ortho intramolecular Hbond substituents is 1. The van der Waals surface area contributed by atoms with Crippen LogP contribution in [0, 0.1) is 41.2 Å². The number of hydrogen-bond donors (Lipinski definition) is 2. The molecule has 2 saturated heterocycles. The Bertz CT molecular complexity index is 1870. The van der Waals surface area contributed by atoms with Gasteiger partial charge in [0.2, 0.25) is 5.88 Å². The fourth-order valence-corrected chi connectivity index (χ4v) is 6.76. The molecule has 2 aromatic heterocycles. The number of nitriles is 1. The van der Waals surface area contributed by atoms with Gasteiger partial charge in [-0.3, -0.25) is 4.90 Å². The van der Waals surface area contributed by atoms with Crippen molar-refractivity contribution < 1.29 is 27.8 Å². The monoisotopic (exact) mass is 630 g/mol. The van der Waals surface area contributed by atoms with E-state index in [-0.39, 0.29) is 68.5 Å². The lowest BCUT2D eigenvalue weighted by Gasteiger charge is -2.35. The number of alkyl halides is 1. The number of aromatic hydroxyl groups is 1. The third-order valence-corrected chi connectivity index (χ3v) is 8.97. The molecule has 2 atom stereocenters. The van der Waals surface area contributed by atoms with Crippen LogP contribution in [-0.4, -0.2) is 70.5 Å². The van der Waals surface area contributed by atoms with Gasteiger partial charge in [-0.05, 0) is 68.2 Å². The van der Waals surface area contributed by atoms with Crippen molar-refractivity contribution in [1.29, 1.82) is 5.26 Å². The quantitative estimate of drug-likeness (QED) is 0.243. The van der Waals surface area contributed by atoms with E-state index in [0.29, 0.717) is 24.4 Å². The van der Waals surface area contributed by atoms with Crippen molar-refractivity contribution in [1.82, 2.24) is 19.9 Å². The molecular weight excluding hydrogens is 597 g/mol. The highest BCUT2D eigenvalue weighted by Crippen LogP contribution is 2.42. The molecule has 0 spiro atoms. The number of ether oxygens (including phenoxy) is 2. The zero-order valence-corrected chi connectivity index (χ0v) is 25.5. The number of rotatable bonds is 6. The van der Waals surface area contributed by atoms with Gasteiger partial charge in [-0.1, -0.05) is 12.0 Å². The van der Waals surface area contributed by atoms with Crippen LogP contribution in [0.1, 0.15) is 44.1 Å². The largest absolute Gasteiger partial charge is 0.508 e. The van der Waals surface area contributed by atoms with E-state index in [1.807, 2.05) is 0 Å². The molecule has 0 radical (unpaired) electrons. The maximum Gasteiger partial charge on any atom is 0.318 e. The number of benzene rings is 2. The second-order valence-electron chi connectivity index (χ2n) is 11.9. The summed E-state index contributed by atoms with van der Waals surface area (Å²) in [6.45, 7) is 1.86. The van der Waals surface area contributed by atoms with Crippen molar-refractivity contribution in [3.05, 3.63) is 41.5 Å². The van der Waals surface area contributed by atoms with Crippen molar-refractivity contribution in [3.8, 4) is 47.3 Å². The van der Waals surface area contributed by atoms with Crippen LogP contribution in [0.3, 0.4) is 0 Å². The Kier molecular flexibility index (Phi) is 8.74. The van der Waals surface area contributed by atoms with Gasteiger partial charge in [0.15, 0.2) is 5.82 Å². The van der Waals surface area contributed by atoms with Crippen LogP contribution >= 0.6 is 0 Å². The highest BCUT2D eigenvalue weighted by atomic mass is 19.1. The lowest BCUT2D eigenvalue weighted by molar-refractivity contribution is 0.287. The van der Waals surface area contributed by atoms with E-state index in [9.17, 15) is 13.9 Å². The SMILES string of the molecule is C#Cc1c(F)ccc2cc(O)cc(-c3nc(OC)c4c(NC5CC(CC#N)C5)nc(OC)nc4c3F)c12.FC1CC2CCCN2C1. The maximum absolute atomic E-state index is 16.2. The number of terminal acetylenes is 1. The minimum Gasteiger partial charge on any atom is -0.508 e. The lowest BCUT2D eigenvalue weighted by atomic mass is 9.78. The van der Waals surface area contributed by atoms with E-state index in [2.05, 4.69) is 37.2 Å². The molecule has 12 heteroatoms. The molecule has 1 aliphatic carbocycles. The van der Waals surface area contributed by atoms with Crippen molar-refractivity contribution in [2.75, 3.05) is 32.6 Å². The summed E-state index contributed by atoms with van der Waals surface area (Å²) in [4.78, 5) is 15.3. The molecule has 9 nitrogen and oxygen atoms in total. The van der Waals surface area contributed by atoms with Gasteiger partial charge >= 0.3 is 6.01 Å². The predicted molar refractivity (Wildman–Crippen MR) is 167 cm³/mol. The van der Waals surface area contributed by atoms with Gasteiger partial charge < -0.3 is 19.9 Å². The second kappa shape index (κ2) is 12.9. The molecule has 2 aromatic carbocycles. The fourth-order valence-electron chi connectivity index (χ4n) is 6.76. The summed E-state index contributed by atoms with van der Waals surface area (Å²) in [5.74, 6) is 1.18. The highest BCUT2D eigenvalue weighted by Gasteiger charge is 2.35. The number of anilines is 1. The average molecular weight is 631 g/mol. The van der Waals surface area contributed by atoms with E-state index in [1.54, 1.807) is 0 Å². The molecular formula is C34H33F3N6O3. The molecule has 1 saturated carbocycles. The van der Waals surface area contributed by atoms with Crippen LogP contribution in [0.15, 0.2) is 24.3 Å². The zero-order valence-electron chi connectivity index (χ0n) is 25.5. The Hall–Kier alpha value is -4.81. The molecule has 0 amide bonds. The van der Waals surface area contributed by atoms with Gasteiger partial charge in [-0.25, -0.2) is 18.2 Å². The molecule has 2 aliphatic heterocycles. The number of aromatic nitrogens is 3. The van der Waals surface area contributed by atoms with Gasteiger partial charge in [0.05, 0.1) is 25.9 Å². The normalized spacial score (nSPS) is 21.9. The summed E-state index contributed by atoms with van der Waals surface area (Å²) in [7, 11) is 2.73. The molecule has 238 valence electrons. The first-order chi connectivity index (χ1) is 22.2. The Balaban J connectivity index is 0.000000352. The Morgan fingerprint density at radius 3 is 2.61 bits per heavy atom. The number of pyridine rings is 1. The third-order valence-electron chi connectivity index (χ3n) is 8.97. The Morgan fingerprint density at radius 1 is 1.11 bits per heavy atom. The van der Waals surface area contributed by atoms with Gasteiger partial charge in [0.25, 0.3) is 0 Å². The Morgan fingerprint density at radius 2 is 1.91 bits per heavy atom. The molecule has 3 aliphatic rings. The van der Waals surface area contributed by atoms with E-state index < -0.39 is 17.8 Å². The summed E-state index contributed by atoms with van der Waals surface area (Å²) < 4.78 is 54.1. The van der Waals surface area contributed by atoms with Crippen molar-refractivity contribution >= 4 is 27.5 Å². The number of nitrogens with zero attached hydrogens (tertiary/aromatic N) is 5. The summed E-state index contributed by atoms with van der Waals surface area (Å²) in [6, 6.07) is 8.01. The van der Waals surface area contributed by atoms with E-state index in [1.165, 1.54) is 51.3 Å². The highest BCUT2D eigenvalue weighted by molar-refractivity contribution is 6.04. The van der Waals surface area contributed by atoms with Crippen LogP contribution < -0.4 is 14.8 Å².